The minimum absolute atomic E-state index is 0.186. The molecular formula is C25H27N5O4. The lowest BCUT2D eigenvalue weighted by molar-refractivity contribution is -0.124. The van der Waals surface area contributed by atoms with Gasteiger partial charge in [-0.15, -0.1) is 0 Å². The van der Waals surface area contributed by atoms with E-state index in [0.29, 0.717) is 16.9 Å². The second-order valence-corrected chi connectivity index (χ2v) is 7.85. The Bertz CT molecular complexity index is 1230. The average Bonchev–Trinajstić information content (AvgIpc) is 2.82. The summed E-state index contributed by atoms with van der Waals surface area (Å²) in [6.07, 6.45) is 0. The van der Waals surface area contributed by atoms with Crippen molar-refractivity contribution in [1.29, 1.82) is 0 Å². The Labute approximate surface area is 197 Å². The fourth-order valence-electron chi connectivity index (χ4n) is 3.21. The van der Waals surface area contributed by atoms with Gasteiger partial charge in [-0.3, -0.25) is 19.2 Å². The van der Waals surface area contributed by atoms with Gasteiger partial charge in [-0.2, -0.15) is 5.10 Å². The molecule has 1 aromatic heterocycles. The molecule has 0 fully saturated rings. The lowest BCUT2D eigenvalue weighted by Gasteiger charge is -2.15. The van der Waals surface area contributed by atoms with E-state index in [2.05, 4.69) is 21.0 Å². The maximum absolute atomic E-state index is 12.6. The first-order valence-electron chi connectivity index (χ1n) is 10.8. The van der Waals surface area contributed by atoms with Gasteiger partial charge in [0, 0.05) is 42.9 Å². The Morgan fingerprint density at radius 2 is 1.56 bits per heavy atom. The molecule has 2 aromatic carbocycles. The van der Waals surface area contributed by atoms with Crippen LogP contribution < -0.4 is 21.5 Å². The van der Waals surface area contributed by atoms with Gasteiger partial charge in [0.25, 0.3) is 11.5 Å². The number of nitrogens with one attached hydrogen (secondary N) is 3. The second kappa shape index (κ2) is 11.0. The van der Waals surface area contributed by atoms with Crippen molar-refractivity contribution < 1.29 is 14.4 Å². The molecule has 0 saturated carbocycles. The van der Waals surface area contributed by atoms with Crippen LogP contribution in [0.3, 0.4) is 0 Å². The minimum Gasteiger partial charge on any atom is -0.352 e. The molecule has 34 heavy (non-hydrogen) atoms. The van der Waals surface area contributed by atoms with E-state index in [1.54, 1.807) is 37.3 Å². The van der Waals surface area contributed by atoms with Crippen LogP contribution in [0.5, 0.6) is 0 Å². The summed E-state index contributed by atoms with van der Waals surface area (Å²) in [6.45, 7) is 5.37. The Kier molecular flexibility index (Phi) is 7.92. The molecule has 176 valence electrons. The molecule has 0 aliphatic carbocycles. The van der Waals surface area contributed by atoms with Crippen LogP contribution in [0.25, 0.3) is 11.3 Å². The van der Waals surface area contributed by atoms with Gasteiger partial charge in [0.15, 0.2) is 0 Å². The number of aryl methyl sites for hydroxylation is 1. The molecule has 0 aliphatic rings. The molecule has 0 radical (unpaired) electrons. The van der Waals surface area contributed by atoms with E-state index in [4.69, 9.17) is 0 Å². The molecule has 9 nitrogen and oxygen atoms in total. The molecule has 3 aromatic rings. The Balaban J connectivity index is 1.53. The van der Waals surface area contributed by atoms with Crippen molar-refractivity contribution in [3.63, 3.8) is 0 Å². The smallest absolute Gasteiger partial charge is 0.267 e. The van der Waals surface area contributed by atoms with Crippen LogP contribution in [0.1, 0.15) is 35.8 Å². The molecule has 3 N–H and O–H groups in total. The first-order chi connectivity index (χ1) is 16.2. The Morgan fingerprint density at radius 3 is 2.21 bits per heavy atom. The summed E-state index contributed by atoms with van der Waals surface area (Å²) >= 11 is 0. The Hall–Kier alpha value is -4.27. The SMILES string of the molecule is CC(=O)Nc1ccc(C(=O)NCCNC(=O)C(C)n2nc(-c3ccc(C)cc3)ccc2=O)cc1. The first kappa shape index (κ1) is 24.4. The maximum Gasteiger partial charge on any atom is 0.267 e. The highest BCUT2D eigenvalue weighted by Gasteiger charge is 2.18. The zero-order chi connectivity index (χ0) is 24.7. The van der Waals surface area contributed by atoms with Gasteiger partial charge < -0.3 is 16.0 Å². The van der Waals surface area contributed by atoms with Gasteiger partial charge in [-0.05, 0) is 44.2 Å². The van der Waals surface area contributed by atoms with Crippen molar-refractivity contribution >= 4 is 23.4 Å². The highest BCUT2D eigenvalue weighted by Crippen LogP contribution is 2.16. The molecule has 0 bridgehead atoms. The zero-order valence-corrected chi connectivity index (χ0v) is 19.3. The minimum atomic E-state index is -0.824. The highest BCUT2D eigenvalue weighted by molar-refractivity contribution is 5.95. The molecule has 1 atom stereocenters. The fourth-order valence-corrected chi connectivity index (χ4v) is 3.21. The largest absolute Gasteiger partial charge is 0.352 e. The quantitative estimate of drug-likeness (QED) is 0.444. The van der Waals surface area contributed by atoms with Crippen molar-refractivity contribution in [3.05, 3.63) is 82.1 Å². The first-order valence-corrected chi connectivity index (χ1v) is 10.8. The summed E-state index contributed by atoms with van der Waals surface area (Å²) in [5.74, 6) is -0.883. The lowest BCUT2D eigenvalue weighted by atomic mass is 10.1. The molecule has 0 spiro atoms. The van der Waals surface area contributed by atoms with Crippen LogP contribution >= 0.6 is 0 Å². The third-order valence-electron chi connectivity index (χ3n) is 5.10. The number of rotatable bonds is 8. The molecule has 3 rings (SSSR count). The third-order valence-corrected chi connectivity index (χ3v) is 5.10. The van der Waals surface area contributed by atoms with Gasteiger partial charge >= 0.3 is 0 Å². The van der Waals surface area contributed by atoms with Gasteiger partial charge in [-0.25, -0.2) is 4.68 Å². The predicted molar refractivity (Wildman–Crippen MR) is 129 cm³/mol. The maximum atomic E-state index is 12.6. The number of carbonyl (C=O) groups excluding carboxylic acids is 3. The molecule has 9 heteroatoms. The molecule has 1 heterocycles. The summed E-state index contributed by atoms with van der Waals surface area (Å²) in [5, 5.41) is 12.4. The predicted octanol–water partition coefficient (Wildman–Crippen LogP) is 2.28. The van der Waals surface area contributed by atoms with Crippen LogP contribution in [0.4, 0.5) is 5.69 Å². The van der Waals surface area contributed by atoms with Crippen molar-refractivity contribution in [1.82, 2.24) is 20.4 Å². The molecule has 0 saturated heterocycles. The monoisotopic (exact) mass is 461 g/mol. The van der Waals surface area contributed by atoms with E-state index in [-0.39, 0.29) is 36.4 Å². The van der Waals surface area contributed by atoms with Crippen molar-refractivity contribution in [2.24, 2.45) is 0 Å². The summed E-state index contributed by atoms with van der Waals surface area (Å²) in [6, 6.07) is 16.4. The number of benzene rings is 2. The number of hydrogen-bond donors (Lipinski definition) is 3. The number of amides is 3. The summed E-state index contributed by atoms with van der Waals surface area (Å²) in [4.78, 5) is 48.2. The summed E-state index contributed by atoms with van der Waals surface area (Å²) in [5.41, 5.74) is 3.20. The molecule has 1 unspecified atom stereocenters. The second-order valence-electron chi connectivity index (χ2n) is 7.85. The summed E-state index contributed by atoms with van der Waals surface area (Å²) < 4.78 is 1.15. The fraction of sp³-hybridized carbons (Fsp3) is 0.240. The third kappa shape index (κ3) is 6.38. The highest BCUT2D eigenvalue weighted by atomic mass is 16.2. The van der Waals surface area contributed by atoms with E-state index >= 15 is 0 Å². The van der Waals surface area contributed by atoms with E-state index in [9.17, 15) is 19.2 Å². The van der Waals surface area contributed by atoms with Crippen molar-refractivity contribution in [2.45, 2.75) is 26.8 Å². The van der Waals surface area contributed by atoms with E-state index < -0.39 is 6.04 Å². The van der Waals surface area contributed by atoms with E-state index in [1.807, 2.05) is 31.2 Å². The molecule has 0 aliphatic heterocycles. The van der Waals surface area contributed by atoms with Crippen LogP contribution in [0.2, 0.25) is 0 Å². The van der Waals surface area contributed by atoms with Crippen LogP contribution in [0, 0.1) is 6.92 Å². The lowest BCUT2D eigenvalue weighted by Crippen LogP contribution is -2.40. The molecule has 3 amide bonds. The normalized spacial score (nSPS) is 11.4. The van der Waals surface area contributed by atoms with Crippen molar-refractivity contribution in [2.75, 3.05) is 18.4 Å². The van der Waals surface area contributed by atoms with Crippen LogP contribution in [-0.2, 0) is 9.59 Å². The zero-order valence-electron chi connectivity index (χ0n) is 19.3. The van der Waals surface area contributed by atoms with Crippen molar-refractivity contribution in [3.8, 4) is 11.3 Å². The number of anilines is 1. The topological polar surface area (TPSA) is 122 Å². The number of aromatic nitrogens is 2. The van der Waals surface area contributed by atoms with Gasteiger partial charge in [0.05, 0.1) is 5.69 Å². The van der Waals surface area contributed by atoms with E-state index in [0.717, 1.165) is 15.8 Å². The van der Waals surface area contributed by atoms with Gasteiger partial charge in [0.2, 0.25) is 11.8 Å². The number of nitrogens with zero attached hydrogens (tertiary/aromatic N) is 2. The van der Waals surface area contributed by atoms with Crippen LogP contribution in [-0.4, -0.2) is 40.6 Å². The van der Waals surface area contributed by atoms with Gasteiger partial charge in [-0.1, -0.05) is 29.8 Å². The summed E-state index contributed by atoms with van der Waals surface area (Å²) in [7, 11) is 0. The van der Waals surface area contributed by atoms with Gasteiger partial charge in [0.1, 0.15) is 6.04 Å². The standard InChI is InChI=1S/C25H27N5O4/c1-16-4-6-19(7-5-16)22-12-13-23(32)30(29-22)17(2)24(33)26-14-15-27-25(34)20-8-10-21(11-9-20)28-18(3)31/h4-13,17H,14-15H2,1-3H3,(H,26,33)(H,27,34)(H,28,31). The van der Waals surface area contributed by atoms with E-state index in [1.165, 1.54) is 13.0 Å². The Morgan fingerprint density at radius 1 is 0.912 bits per heavy atom. The molecular weight excluding hydrogens is 434 g/mol. The number of hydrogen-bond acceptors (Lipinski definition) is 5. The number of carbonyl (C=O) groups is 3. The average molecular weight is 462 g/mol. The van der Waals surface area contributed by atoms with Crippen LogP contribution in [0.15, 0.2) is 65.5 Å².